The Balaban J connectivity index is 2.09. The van der Waals surface area contributed by atoms with E-state index in [1.807, 2.05) is 37.3 Å². The van der Waals surface area contributed by atoms with Crippen molar-refractivity contribution in [1.29, 1.82) is 0 Å². The fourth-order valence-electron chi connectivity index (χ4n) is 2.21. The van der Waals surface area contributed by atoms with Gasteiger partial charge in [-0.1, -0.05) is 18.2 Å². The summed E-state index contributed by atoms with van der Waals surface area (Å²) in [4.78, 5) is 0. The number of hydrogen-bond acceptors (Lipinski definition) is 3. The molecule has 1 heterocycles. The van der Waals surface area contributed by atoms with Crippen molar-refractivity contribution in [3.63, 3.8) is 0 Å². The maximum Gasteiger partial charge on any atom is 0.124 e. The lowest BCUT2D eigenvalue weighted by molar-refractivity contribution is 0.328. The predicted molar refractivity (Wildman–Crippen MR) is 76.3 cm³/mol. The summed E-state index contributed by atoms with van der Waals surface area (Å²) in [5.41, 5.74) is 1.17. The van der Waals surface area contributed by atoms with Crippen LogP contribution in [-0.2, 0) is 0 Å². The van der Waals surface area contributed by atoms with Gasteiger partial charge in [0.25, 0.3) is 0 Å². The van der Waals surface area contributed by atoms with E-state index < -0.39 is 0 Å². The number of ether oxygens (including phenoxy) is 1. The molecule has 1 aromatic heterocycles. The lowest BCUT2D eigenvalue weighted by atomic mass is 10.1. The third-order valence-corrected chi connectivity index (χ3v) is 3.16. The Bertz CT molecular complexity index is 493. The number of nitrogens with one attached hydrogen (secondary N) is 1. The van der Waals surface area contributed by atoms with E-state index >= 15 is 0 Å². The molecule has 0 spiro atoms. The molecule has 19 heavy (non-hydrogen) atoms. The molecule has 1 aromatic carbocycles. The van der Waals surface area contributed by atoms with Gasteiger partial charge in [0.05, 0.1) is 18.9 Å². The Morgan fingerprint density at radius 2 is 1.89 bits per heavy atom. The third-order valence-electron chi connectivity index (χ3n) is 3.16. The largest absolute Gasteiger partial charge is 0.494 e. The second kappa shape index (κ2) is 6.43. The van der Waals surface area contributed by atoms with E-state index in [4.69, 9.17) is 9.15 Å². The standard InChI is InChI=1S/C16H21NO2/c1-4-18-16-9-6-5-8-14(16)12(2)17-13(3)15-10-7-11-19-15/h5-13,17H,4H2,1-3H3. The van der Waals surface area contributed by atoms with Crippen molar-refractivity contribution in [1.82, 2.24) is 5.32 Å². The van der Waals surface area contributed by atoms with E-state index in [2.05, 4.69) is 25.2 Å². The van der Waals surface area contributed by atoms with Crippen molar-refractivity contribution in [2.45, 2.75) is 32.9 Å². The Hall–Kier alpha value is -1.74. The van der Waals surface area contributed by atoms with Crippen LogP contribution in [0.1, 0.15) is 44.2 Å². The van der Waals surface area contributed by atoms with Crippen LogP contribution in [-0.4, -0.2) is 6.61 Å². The quantitative estimate of drug-likeness (QED) is 0.848. The van der Waals surface area contributed by atoms with Gasteiger partial charge in [0.1, 0.15) is 11.5 Å². The summed E-state index contributed by atoms with van der Waals surface area (Å²) >= 11 is 0. The first-order valence-corrected chi connectivity index (χ1v) is 6.73. The predicted octanol–water partition coefficient (Wildman–Crippen LogP) is 4.09. The first-order valence-electron chi connectivity index (χ1n) is 6.73. The first kappa shape index (κ1) is 13.7. The maximum absolute atomic E-state index is 5.67. The molecule has 3 heteroatoms. The molecule has 0 aliphatic heterocycles. The topological polar surface area (TPSA) is 34.4 Å². The number of para-hydroxylation sites is 1. The molecule has 102 valence electrons. The normalized spacial score (nSPS) is 14.1. The van der Waals surface area contributed by atoms with Crippen LogP contribution < -0.4 is 10.1 Å². The van der Waals surface area contributed by atoms with Crippen molar-refractivity contribution >= 4 is 0 Å². The SMILES string of the molecule is CCOc1ccccc1C(C)NC(C)c1ccco1. The van der Waals surface area contributed by atoms with Gasteiger partial charge in [0.15, 0.2) is 0 Å². The van der Waals surface area contributed by atoms with E-state index in [0.717, 1.165) is 11.5 Å². The van der Waals surface area contributed by atoms with Crippen molar-refractivity contribution in [2.75, 3.05) is 6.61 Å². The lowest BCUT2D eigenvalue weighted by Crippen LogP contribution is -2.22. The summed E-state index contributed by atoms with van der Waals surface area (Å²) in [6, 6.07) is 12.4. The van der Waals surface area contributed by atoms with Gasteiger partial charge in [-0.05, 0) is 39.0 Å². The molecule has 0 radical (unpaired) electrons. The molecule has 0 saturated carbocycles. The van der Waals surface area contributed by atoms with Crippen molar-refractivity contribution in [2.24, 2.45) is 0 Å². The van der Waals surface area contributed by atoms with Crippen molar-refractivity contribution < 1.29 is 9.15 Å². The fraction of sp³-hybridized carbons (Fsp3) is 0.375. The van der Waals surface area contributed by atoms with Crippen LogP contribution in [0.15, 0.2) is 47.1 Å². The van der Waals surface area contributed by atoms with Crippen LogP contribution >= 0.6 is 0 Å². The molecule has 2 atom stereocenters. The molecular formula is C16H21NO2. The van der Waals surface area contributed by atoms with E-state index in [-0.39, 0.29) is 12.1 Å². The number of rotatable bonds is 6. The Morgan fingerprint density at radius 3 is 2.58 bits per heavy atom. The van der Waals surface area contributed by atoms with Crippen LogP contribution in [0.3, 0.4) is 0 Å². The molecule has 2 aromatic rings. The minimum absolute atomic E-state index is 0.166. The number of furan rings is 1. The minimum atomic E-state index is 0.166. The highest BCUT2D eigenvalue weighted by Crippen LogP contribution is 2.27. The zero-order valence-corrected chi connectivity index (χ0v) is 11.7. The van der Waals surface area contributed by atoms with Crippen LogP contribution in [0.5, 0.6) is 5.75 Å². The van der Waals surface area contributed by atoms with Gasteiger partial charge in [-0.3, -0.25) is 0 Å². The summed E-state index contributed by atoms with van der Waals surface area (Å²) < 4.78 is 11.1. The van der Waals surface area contributed by atoms with Gasteiger partial charge >= 0.3 is 0 Å². The number of benzene rings is 1. The van der Waals surface area contributed by atoms with Crippen molar-refractivity contribution in [3.8, 4) is 5.75 Å². The molecule has 0 saturated heterocycles. The summed E-state index contributed by atoms with van der Waals surface area (Å²) in [6.07, 6.45) is 1.70. The molecule has 2 rings (SSSR count). The van der Waals surface area contributed by atoms with Gasteiger partial charge in [0, 0.05) is 11.6 Å². The van der Waals surface area contributed by atoms with Crippen molar-refractivity contribution in [3.05, 3.63) is 54.0 Å². The van der Waals surface area contributed by atoms with Gasteiger partial charge in [0.2, 0.25) is 0 Å². The average molecular weight is 259 g/mol. The van der Waals surface area contributed by atoms with Crippen LogP contribution in [0.2, 0.25) is 0 Å². The Kier molecular flexibility index (Phi) is 4.63. The Labute approximate surface area is 114 Å². The second-order valence-electron chi connectivity index (χ2n) is 4.60. The summed E-state index contributed by atoms with van der Waals surface area (Å²) in [7, 11) is 0. The second-order valence-corrected chi connectivity index (χ2v) is 4.60. The highest BCUT2D eigenvalue weighted by atomic mass is 16.5. The van der Waals surface area contributed by atoms with Crippen LogP contribution in [0, 0.1) is 0 Å². The molecular weight excluding hydrogens is 238 g/mol. The van der Waals surface area contributed by atoms with Gasteiger partial charge in [-0.2, -0.15) is 0 Å². The number of hydrogen-bond donors (Lipinski definition) is 1. The molecule has 0 bridgehead atoms. The summed E-state index contributed by atoms with van der Waals surface area (Å²) in [5, 5.41) is 3.52. The molecule has 1 N–H and O–H groups in total. The average Bonchev–Trinajstić information content (AvgIpc) is 2.93. The monoisotopic (exact) mass is 259 g/mol. The molecule has 0 aliphatic carbocycles. The van der Waals surface area contributed by atoms with Gasteiger partial charge in [-0.25, -0.2) is 0 Å². The highest BCUT2D eigenvalue weighted by Gasteiger charge is 2.15. The first-order chi connectivity index (χ1) is 9.22. The van der Waals surface area contributed by atoms with Gasteiger partial charge in [-0.15, -0.1) is 0 Å². The summed E-state index contributed by atoms with van der Waals surface area (Å²) in [6.45, 7) is 6.91. The van der Waals surface area contributed by atoms with Crippen LogP contribution in [0.4, 0.5) is 0 Å². The summed E-state index contributed by atoms with van der Waals surface area (Å²) in [5.74, 6) is 1.89. The van der Waals surface area contributed by atoms with Gasteiger partial charge < -0.3 is 14.5 Å². The molecule has 0 aliphatic rings. The highest BCUT2D eigenvalue weighted by molar-refractivity contribution is 5.35. The zero-order chi connectivity index (χ0) is 13.7. The van der Waals surface area contributed by atoms with E-state index in [1.54, 1.807) is 6.26 Å². The molecule has 0 fully saturated rings. The lowest BCUT2D eigenvalue weighted by Gasteiger charge is -2.21. The maximum atomic E-state index is 5.67. The van der Waals surface area contributed by atoms with E-state index in [0.29, 0.717) is 6.61 Å². The zero-order valence-electron chi connectivity index (χ0n) is 11.7. The van der Waals surface area contributed by atoms with Crippen LogP contribution in [0.25, 0.3) is 0 Å². The molecule has 2 unspecified atom stereocenters. The Morgan fingerprint density at radius 1 is 1.11 bits per heavy atom. The molecule has 3 nitrogen and oxygen atoms in total. The fourth-order valence-corrected chi connectivity index (χ4v) is 2.21. The molecule has 0 amide bonds. The third kappa shape index (κ3) is 3.38. The smallest absolute Gasteiger partial charge is 0.124 e. The minimum Gasteiger partial charge on any atom is -0.494 e. The van der Waals surface area contributed by atoms with E-state index in [1.165, 1.54) is 5.56 Å². The van der Waals surface area contributed by atoms with E-state index in [9.17, 15) is 0 Å².